The topological polar surface area (TPSA) is 92.8 Å². The molecular weight excluding hydrogens is 361 g/mol. The molecule has 1 aliphatic rings. The predicted molar refractivity (Wildman–Crippen MR) is 97.6 cm³/mol. The summed E-state index contributed by atoms with van der Waals surface area (Å²) in [6.45, 7) is 0. The molecule has 0 spiro atoms. The number of carbonyl (C=O) groups excluding carboxylic acids is 1. The van der Waals surface area contributed by atoms with Gasteiger partial charge in [0.25, 0.3) is 5.91 Å². The highest BCUT2D eigenvalue weighted by Crippen LogP contribution is 2.31. The number of aromatic nitrogens is 3. The first-order valence-electron chi connectivity index (χ1n) is 8.68. The Morgan fingerprint density at radius 2 is 2.25 bits per heavy atom. The average Bonchev–Trinajstić information content (AvgIpc) is 3.30. The summed E-state index contributed by atoms with van der Waals surface area (Å²) in [7, 11) is 1.55. The number of hydrogen-bond donors (Lipinski definition) is 1. The minimum Gasteiger partial charge on any atom is -0.481 e. The van der Waals surface area contributed by atoms with Gasteiger partial charge in [0.05, 0.1) is 30.1 Å². The van der Waals surface area contributed by atoms with Gasteiger partial charge < -0.3 is 10.1 Å². The second-order valence-electron chi connectivity index (χ2n) is 6.40. The molecule has 0 bridgehead atoms. The van der Waals surface area contributed by atoms with Gasteiger partial charge in [0.1, 0.15) is 11.9 Å². The molecule has 140 valence electrons. The molecule has 7 nitrogen and oxygen atoms in total. The lowest BCUT2D eigenvalue weighted by Gasteiger charge is -2.13. The monoisotopic (exact) mass is 377 g/mol. The second-order valence-corrected chi connectivity index (χ2v) is 6.40. The molecule has 3 aromatic rings. The Balaban J connectivity index is 1.56. The fourth-order valence-corrected chi connectivity index (χ4v) is 3.27. The van der Waals surface area contributed by atoms with Crippen LogP contribution in [0.5, 0.6) is 5.88 Å². The van der Waals surface area contributed by atoms with Crippen molar-refractivity contribution in [1.29, 1.82) is 5.26 Å². The zero-order valence-corrected chi connectivity index (χ0v) is 15.0. The van der Waals surface area contributed by atoms with Gasteiger partial charge in [-0.25, -0.2) is 14.1 Å². The standard InChI is InChI=1S/C20H16FN5O2/c1-28-19-9-14(6-7-23-19)26-11-15-17(4-5-18(15)25-26)24-20(27)12-2-3-16(21)13(8-12)10-22/h2-3,6-9,11,17H,4-5H2,1H3,(H,24,27)/t17-/m1/s1. The zero-order chi connectivity index (χ0) is 19.7. The van der Waals surface area contributed by atoms with E-state index in [0.717, 1.165) is 35.9 Å². The van der Waals surface area contributed by atoms with Crippen LogP contribution in [0.4, 0.5) is 4.39 Å². The van der Waals surface area contributed by atoms with E-state index in [1.807, 2.05) is 12.3 Å². The van der Waals surface area contributed by atoms with E-state index in [2.05, 4.69) is 15.4 Å². The second kappa shape index (κ2) is 7.12. The van der Waals surface area contributed by atoms with E-state index in [9.17, 15) is 9.18 Å². The van der Waals surface area contributed by atoms with Gasteiger partial charge in [-0.05, 0) is 37.1 Å². The minimum absolute atomic E-state index is 0.154. The number of halogens is 1. The highest BCUT2D eigenvalue weighted by molar-refractivity contribution is 5.94. The summed E-state index contributed by atoms with van der Waals surface area (Å²) in [6, 6.07) is 8.90. The predicted octanol–water partition coefficient (Wildman–Crippen LogP) is 2.70. The van der Waals surface area contributed by atoms with Gasteiger partial charge in [-0.15, -0.1) is 0 Å². The van der Waals surface area contributed by atoms with E-state index < -0.39 is 5.82 Å². The normalized spacial score (nSPS) is 15.0. The number of benzene rings is 1. The van der Waals surface area contributed by atoms with Crippen molar-refractivity contribution in [2.24, 2.45) is 0 Å². The molecule has 0 saturated carbocycles. The van der Waals surface area contributed by atoms with Crippen LogP contribution in [0.3, 0.4) is 0 Å². The molecule has 28 heavy (non-hydrogen) atoms. The maximum Gasteiger partial charge on any atom is 0.251 e. The van der Waals surface area contributed by atoms with Crippen molar-refractivity contribution in [2.75, 3.05) is 7.11 Å². The summed E-state index contributed by atoms with van der Waals surface area (Å²) in [5, 5.41) is 16.5. The lowest BCUT2D eigenvalue weighted by Crippen LogP contribution is -2.27. The van der Waals surface area contributed by atoms with Crippen LogP contribution in [0.15, 0.2) is 42.7 Å². The van der Waals surface area contributed by atoms with E-state index in [4.69, 9.17) is 10.00 Å². The van der Waals surface area contributed by atoms with Crippen molar-refractivity contribution >= 4 is 5.91 Å². The highest BCUT2D eigenvalue weighted by atomic mass is 19.1. The summed E-state index contributed by atoms with van der Waals surface area (Å²) >= 11 is 0. The van der Waals surface area contributed by atoms with Gasteiger partial charge in [-0.3, -0.25) is 4.79 Å². The number of ether oxygens (including phenoxy) is 1. The molecular formula is C20H16FN5O2. The summed E-state index contributed by atoms with van der Waals surface area (Å²) < 4.78 is 20.4. The van der Waals surface area contributed by atoms with E-state index in [1.54, 1.807) is 30.1 Å². The van der Waals surface area contributed by atoms with Gasteiger partial charge in [0, 0.05) is 29.6 Å². The van der Waals surface area contributed by atoms with Gasteiger partial charge in [0.2, 0.25) is 5.88 Å². The third-order valence-electron chi connectivity index (χ3n) is 4.71. The molecule has 1 amide bonds. The third kappa shape index (κ3) is 3.18. The Kier molecular flexibility index (Phi) is 4.49. The number of carbonyl (C=O) groups is 1. The van der Waals surface area contributed by atoms with Crippen LogP contribution in [0.1, 0.15) is 39.6 Å². The summed E-state index contributed by atoms with van der Waals surface area (Å²) in [6.07, 6.45) is 4.99. The maximum absolute atomic E-state index is 13.5. The number of methoxy groups -OCH3 is 1. The molecule has 0 aliphatic heterocycles. The average molecular weight is 377 g/mol. The number of pyridine rings is 1. The molecule has 0 fully saturated rings. The summed E-state index contributed by atoms with van der Waals surface area (Å²) in [5.74, 6) is -0.508. The van der Waals surface area contributed by atoms with Crippen LogP contribution in [0.2, 0.25) is 0 Å². The summed E-state index contributed by atoms with van der Waals surface area (Å²) in [5.41, 5.74) is 2.75. The van der Waals surface area contributed by atoms with Gasteiger partial charge in [0.15, 0.2) is 0 Å². The van der Waals surface area contributed by atoms with Crippen molar-refractivity contribution in [3.05, 3.63) is 70.9 Å². The quantitative estimate of drug-likeness (QED) is 0.755. The number of nitrogens with zero attached hydrogens (tertiary/aromatic N) is 4. The molecule has 2 aromatic heterocycles. The lowest BCUT2D eigenvalue weighted by molar-refractivity contribution is 0.0936. The number of nitrogens with one attached hydrogen (secondary N) is 1. The molecule has 0 radical (unpaired) electrons. The number of aryl methyl sites for hydroxylation is 1. The van der Waals surface area contributed by atoms with Crippen molar-refractivity contribution in [3.63, 3.8) is 0 Å². The van der Waals surface area contributed by atoms with Crippen molar-refractivity contribution in [3.8, 4) is 17.6 Å². The SMILES string of the molecule is COc1cc(-n2cc3c(n2)CC[C@H]3NC(=O)c2ccc(F)c(C#N)c2)ccn1. The first-order valence-corrected chi connectivity index (χ1v) is 8.68. The van der Waals surface area contributed by atoms with E-state index in [0.29, 0.717) is 5.88 Å². The number of fused-ring (bicyclic) bond motifs is 1. The van der Waals surface area contributed by atoms with Crippen LogP contribution in [-0.4, -0.2) is 27.8 Å². The molecule has 1 N–H and O–H groups in total. The fraction of sp³-hybridized carbons (Fsp3) is 0.200. The van der Waals surface area contributed by atoms with E-state index >= 15 is 0 Å². The number of rotatable bonds is 4. The first kappa shape index (κ1) is 17.7. The highest BCUT2D eigenvalue weighted by Gasteiger charge is 2.28. The fourth-order valence-electron chi connectivity index (χ4n) is 3.27. The van der Waals surface area contributed by atoms with Crippen LogP contribution in [-0.2, 0) is 6.42 Å². The molecule has 0 unspecified atom stereocenters. The van der Waals surface area contributed by atoms with Gasteiger partial charge >= 0.3 is 0 Å². The molecule has 4 rings (SSSR count). The van der Waals surface area contributed by atoms with Crippen LogP contribution >= 0.6 is 0 Å². The molecule has 0 saturated heterocycles. The first-order chi connectivity index (χ1) is 13.6. The Labute approximate surface area is 160 Å². The molecule has 1 atom stereocenters. The lowest BCUT2D eigenvalue weighted by atomic mass is 10.1. The van der Waals surface area contributed by atoms with E-state index in [1.165, 1.54) is 12.1 Å². The van der Waals surface area contributed by atoms with Crippen molar-refractivity contribution < 1.29 is 13.9 Å². The molecule has 1 aromatic carbocycles. The van der Waals surface area contributed by atoms with Crippen molar-refractivity contribution in [1.82, 2.24) is 20.1 Å². The summed E-state index contributed by atoms with van der Waals surface area (Å²) in [4.78, 5) is 16.6. The Bertz CT molecular complexity index is 1100. The Morgan fingerprint density at radius 1 is 1.39 bits per heavy atom. The number of amides is 1. The van der Waals surface area contributed by atoms with Gasteiger partial charge in [-0.1, -0.05) is 0 Å². The van der Waals surface area contributed by atoms with Crippen molar-refractivity contribution in [2.45, 2.75) is 18.9 Å². The van der Waals surface area contributed by atoms with E-state index in [-0.39, 0.29) is 23.1 Å². The molecule has 2 heterocycles. The largest absolute Gasteiger partial charge is 0.481 e. The van der Waals surface area contributed by atoms with Gasteiger partial charge in [-0.2, -0.15) is 10.4 Å². The van der Waals surface area contributed by atoms with Crippen LogP contribution in [0.25, 0.3) is 5.69 Å². The third-order valence-corrected chi connectivity index (χ3v) is 4.71. The van der Waals surface area contributed by atoms with Crippen LogP contribution < -0.4 is 10.1 Å². The number of hydrogen-bond acceptors (Lipinski definition) is 5. The van der Waals surface area contributed by atoms with Crippen LogP contribution in [0, 0.1) is 17.1 Å². The maximum atomic E-state index is 13.5. The minimum atomic E-state index is -0.642. The Hall–Kier alpha value is -3.73. The molecule has 1 aliphatic carbocycles. The molecule has 8 heteroatoms. The zero-order valence-electron chi connectivity index (χ0n) is 15.0. The Morgan fingerprint density at radius 3 is 3.04 bits per heavy atom. The smallest absolute Gasteiger partial charge is 0.251 e. The number of nitriles is 1.